The van der Waals surface area contributed by atoms with Crippen molar-refractivity contribution >= 4 is 33.3 Å². The lowest BCUT2D eigenvalue weighted by Gasteiger charge is -2.19. The van der Waals surface area contributed by atoms with Crippen molar-refractivity contribution in [3.8, 4) is 0 Å². The third-order valence-electron chi connectivity index (χ3n) is 4.41. The van der Waals surface area contributed by atoms with Gasteiger partial charge in [0, 0.05) is 46.7 Å². The molecule has 0 aliphatic carbocycles. The highest BCUT2D eigenvalue weighted by Crippen LogP contribution is 2.35. The number of nitrogens with zero attached hydrogens (tertiary/aromatic N) is 1. The number of aromatic nitrogens is 1. The number of ketones is 1. The Morgan fingerprint density at radius 2 is 1.85 bits per heavy atom. The average Bonchev–Trinajstić information content (AvgIpc) is 2.63. The second kappa shape index (κ2) is 8.19. The van der Waals surface area contributed by atoms with Crippen molar-refractivity contribution in [2.24, 2.45) is 7.05 Å². The Labute approximate surface area is 169 Å². The summed E-state index contributed by atoms with van der Waals surface area (Å²) in [6.07, 6.45) is 1.67. The minimum absolute atomic E-state index is 0.126. The van der Waals surface area contributed by atoms with Crippen molar-refractivity contribution in [3.05, 3.63) is 103 Å². The van der Waals surface area contributed by atoms with Crippen LogP contribution in [-0.2, 0) is 7.05 Å². The summed E-state index contributed by atoms with van der Waals surface area (Å²) in [5.41, 5.74) is 1.83. The minimum atomic E-state index is -0.428. The molecule has 0 saturated heterocycles. The molecule has 3 rings (SSSR count). The first-order valence-corrected chi connectivity index (χ1v) is 9.42. The number of pyridine rings is 1. The Morgan fingerprint density at radius 1 is 1.15 bits per heavy atom. The Morgan fingerprint density at radius 3 is 2.48 bits per heavy atom. The van der Waals surface area contributed by atoms with E-state index in [4.69, 9.17) is 11.6 Å². The van der Waals surface area contributed by atoms with Gasteiger partial charge in [-0.3, -0.25) is 9.59 Å². The van der Waals surface area contributed by atoms with E-state index in [9.17, 15) is 14.0 Å². The van der Waals surface area contributed by atoms with Crippen molar-refractivity contribution in [2.45, 2.75) is 12.3 Å². The van der Waals surface area contributed by atoms with Crippen molar-refractivity contribution in [1.29, 1.82) is 0 Å². The van der Waals surface area contributed by atoms with Gasteiger partial charge >= 0.3 is 0 Å². The summed E-state index contributed by atoms with van der Waals surface area (Å²) in [6.45, 7) is 0. The lowest BCUT2D eigenvalue weighted by molar-refractivity contribution is 0.0977. The number of carbonyl (C=O) groups excluding carboxylic acids is 1. The van der Waals surface area contributed by atoms with Crippen LogP contribution in [0.1, 0.15) is 33.8 Å². The van der Waals surface area contributed by atoms with E-state index in [1.54, 1.807) is 13.1 Å². The molecule has 6 heteroatoms. The van der Waals surface area contributed by atoms with E-state index in [1.807, 2.05) is 24.3 Å². The lowest BCUT2D eigenvalue weighted by atomic mass is 9.86. The molecule has 0 bridgehead atoms. The lowest BCUT2D eigenvalue weighted by Crippen LogP contribution is -2.17. The maximum atomic E-state index is 13.5. The van der Waals surface area contributed by atoms with Gasteiger partial charge in [-0.1, -0.05) is 45.7 Å². The fourth-order valence-electron chi connectivity index (χ4n) is 2.95. The zero-order valence-electron chi connectivity index (χ0n) is 14.5. The van der Waals surface area contributed by atoms with Gasteiger partial charge in [-0.15, -0.1) is 0 Å². The molecule has 3 aromatic rings. The molecule has 1 unspecified atom stereocenters. The zero-order valence-corrected chi connectivity index (χ0v) is 16.8. The van der Waals surface area contributed by atoms with E-state index in [2.05, 4.69) is 15.9 Å². The van der Waals surface area contributed by atoms with Crippen LogP contribution in [0.15, 0.2) is 70.1 Å². The SMILES string of the molecule is Cn1cc(C(=O)CC(c2ccc(Br)cc2)c2ccc(F)cc2Cl)ccc1=O. The Bertz CT molecular complexity index is 1050. The van der Waals surface area contributed by atoms with E-state index in [0.29, 0.717) is 11.1 Å². The molecule has 1 heterocycles. The van der Waals surface area contributed by atoms with Crippen molar-refractivity contribution in [3.63, 3.8) is 0 Å². The number of hydrogen-bond acceptors (Lipinski definition) is 2. The second-order valence-electron chi connectivity index (χ2n) is 6.26. The summed E-state index contributed by atoms with van der Waals surface area (Å²) in [5, 5.41) is 0.274. The summed E-state index contributed by atoms with van der Waals surface area (Å²) >= 11 is 9.68. The number of Topliss-reactive ketones (excluding diaryl/α,β-unsaturated/α-hetero) is 1. The molecule has 3 nitrogen and oxygen atoms in total. The molecular weight excluding hydrogens is 433 g/mol. The van der Waals surface area contributed by atoms with Crippen LogP contribution in [-0.4, -0.2) is 10.4 Å². The molecule has 0 aliphatic rings. The number of hydrogen-bond donors (Lipinski definition) is 0. The predicted octanol–water partition coefficient (Wildman–Crippen LogP) is 5.35. The first-order valence-electron chi connectivity index (χ1n) is 8.25. The van der Waals surface area contributed by atoms with E-state index in [-0.39, 0.29) is 28.7 Å². The van der Waals surface area contributed by atoms with Gasteiger partial charge in [0.15, 0.2) is 5.78 Å². The topological polar surface area (TPSA) is 39.1 Å². The second-order valence-corrected chi connectivity index (χ2v) is 7.59. The van der Waals surface area contributed by atoms with Crippen LogP contribution >= 0.6 is 27.5 Å². The maximum absolute atomic E-state index is 13.5. The molecule has 2 aromatic carbocycles. The van der Waals surface area contributed by atoms with E-state index in [1.165, 1.54) is 35.0 Å². The molecule has 0 radical (unpaired) electrons. The zero-order chi connectivity index (χ0) is 19.6. The summed E-state index contributed by atoms with van der Waals surface area (Å²) in [5.74, 6) is -0.891. The van der Waals surface area contributed by atoms with Gasteiger partial charge in [-0.2, -0.15) is 0 Å². The van der Waals surface area contributed by atoms with E-state index < -0.39 is 5.82 Å². The van der Waals surface area contributed by atoms with Gasteiger partial charge in [-0.05, 0) is 41.5 Å². The molecule has 0 fully saturated rings. The molecule has 0 N–H and O–H groups in total. The Kier molecular flexibility index (Phi) is 5.92. The third-order valence-corrected chi connectivity index (χ3v) is 5.26. The van der Waals surface area contributed by atoms with Gasteiger partial charge in [0.2, 0.25) is 5.56 Å². The smallest absolute Gasteiger partial charge is 0.250 e. The fraction of sp³-hybridized carbons (Fsp3) is 0.143. The van der Waals surface area contributed by atoms with Crippen LogP contribution in [0.25, 0.3) is 0 Å². The highest BCUT2D eigenvalue weighted by atomic mass is 79.9. The van der Waals surface area contributed by atoms with Gasteiger partial charge in [0.05, 0.1) is 0 Å². The molecule has 1 atom stereocenters. The van der Waals surface area contributed by atoms with Crippen LogP contribution in [0.3, 0.4) is 0 Å². The summed E-state index contributed by atoms with van der Waals surface area (Å²) in [4.78, 5) is 24.4. The molecule has 0 saturated carbocycles. The van der Waals surface area contributed by atoms with Crippen LogP contribution < -0.4 is 5.56 Å². The van der Waals surface area contributed by atoms with Gasteiger partial charge in [0.25, 0.3) is 0 Å². The summed E-state index contributed by atoms with van der Waals surface area (Å²) < 4.78 is 15.8. The normalized spacial score (nSPS) is 12.0. The van der Waals surface area contributed by atoms with Crippen molar-refractivity contribution < 1.29 is 9.18 Å². The number of benzene rings is 2. The first kappa shape index (κ1) is 19.5. The molecule has 27 heavy (non-hydrogen) atoms. The fourth-order valence-corrected chi connectivity index (χ4v) is 3.51. The monoisotopic (exact) mass is 447 g/mol. The quantitative estimate of drug-likeness (QED) is 0.494. The Balaban J connectivity index is 2.01. The highest BCUT2D eigenvalue weighted by Gasteiger charge is 2.22. The number of carbonyl (C=O) groups is 1. The molecule has 1 aromatic heterocycles. The molecule has 138 valence electrons. The molecule has 0 aliphatic heterocycles. The number of halogens is 3. The van der Waals surface area contributed by atoms with Crippen LogP contribution in [0, 0.1) is 5.82 Å². The summed E-state index contributed by atoms with van der Waals surface area (Å²) in [7, 11) is 1.60. The highest BCUT2D eigenvalue weighted by molar-refractivity contribution is 9.10. The number of aryl methyl sites for hydroxylation is 1. The maximum Gasteiger partial charge on any atom is 0.250 e. The minimum Gasteiger partial charge on any atom is -0.318 e. The predicted molar refractivity (Wildman–Crippen MR) is 108 cm³/mol. The standard InChI is InChI=1S/C21H16BrClFNO2/c1-25-12-14(4-9-21(25)27)20(26)11-18(13-2-5-15(22)6-3-13)17-8-7-16(24)10-19(17)23/h2-10,12,18H,11H2,1H3. The van der Waals surface area contributed by atoms with Crippen molar-refractivity contribution in [1.82, 2.24) is 4.57 Å². The molecule has 0 spiro atoms. The molecule has 0 amide bonds. The van der Waals surface area contributed by atoms with Crippen LogP contribution in [0.4, 0.5) is 4.39 Å². The first-order chi connectivity index (χ1) is 12.8. The largest absolute Gasteiger partial charge is 0.318 e. The molecular formula is C21H16BrClFNO2. The van der Waals surface area contributed by atoms with Crippen LogP contribution in [0.5, 0.6) is 0 Å². The van der Waals surface area contributed by atoms with Crippen LogP contribution in [0.2, 0.25) is 5.02 Å². The van der Waals surface area contributed by atoms with E-state index in [0.717, 1.165) is 10.0 Å². The van der Waals surface area contributed by atoms with E-state index >= 15 is 0 Å². The van der Waals surface area contributed by atoms with Gasteiger partial charge in [0.1, 0.15) is 5.82 Å². The summed E-state index contributed by atoms with van der Waals surface area (Å²) in [6, 6.07) is 14.7. The van der Waals surface area contributed by atoms with Gasteiger partial charge < -0.3 is 4.57 Å². The number of rotatable bonds is 5. The average molecular weight is 449 g/mol. The van der Waals surface area contributed by atoms with Crippen molar-refractivity contribution in [2.75, 3.05) is 0 Å². The Hall–Kier alpha value is -2.24. The third kappa shape index (κ3) is 4.54. The van der Waals surface area contributed by atoms with Gasteiger partial charge in [-0.25, -0.2) is 4.39 Å².